The first kappa shape index (κ1) is 19.2. The maximum absolute atomic E-state index is 11.6. The first-order chi connectivity index (χ1) is 11.5. The second-order valence-electron chi connectivity index (χ2n) is 4.64. The van der Waals surface area contributed by atoms with E-state index in [0.29, 0.717) is 6.42 Å². The normalized spacial score (nSPS) is 9.92. The Hall–Kier alpha value is -2.84. The number of nitrogens with one attached hydrogen (secondary N) is 1. The van der Waals surface area contributed by atoms with E-state index >= 15 is 0 Å². The molecule has 0 radical (unpaired) electrons. The molecule has 0 unspecified atom stereocenters. The molecule has 0 aliphatic rings. The first-order valence-corrected chi connectivity index (χ1v) is 7.48. The highest BCUT2D eigenvalue weighted by atomic mass is 16.6. The molecule has 1 rings (SSSR count). The van der Waals surface area contributed by atoms with Gasteiger partial charge < -0.3 is 14.2 Å². The van der Waals surface area contributed by atoms with Crippen molar-refractivity contribution in [2.24, 2.45) is 0 Å². The molecule has 0 bridgehead atoms. The number of nitrogens with zero attached hydrogens (tertiary/aromatic N) is 1. The van der Waals surface area contributed by atoms with Crippen LogP contribution in [0.25, 0.3) is 0 Å². The Morgan fingerprint density at radius 2 is 2.00 bits per heavy atom. The van der Waals surface area contributed by atoms with Gasteiger partial charge in [-0.3, -0.25) is 15.4 Å². The predicted molar refractivity (Wildman–Crippen MR) is 85.1 cm³/mol. The Morgan fingerprint density at radius 1 is 1.25 bits per heavy atom. The van der Waals surface area contributed by atoms with E-state index in [1.807, 2.05) is 6.92 Å². The minimum atomic E-state index is -0.772. The number of carbonyl (C=O) groups excluding carboxylic acids is 2. The molecule has 0 aliphatic heterocycles. The number of anilines is 1. The summed E-state index contributed by atoms with van der Waals surface area (Å²) < 4.78 is 14.7. The molecule has 0 atom stereocenters. The van der Waals surface area contributed by atoms with Gasteiger partial charge in [0, 0.05) is 0 Å². The van der Waals surface area contributed by atoms with Gasteiger partial charge in [-0.25, -0.2) is 9.59 Å². The number of unbranched alkanes of at least 4 members (excludes halogenated alkanes) is 1. The molecule has 9 nitrogen and oxygen atoms in total. The van der Waals surface area contributed by atoms with E-state index in [2.05, 4.69) is 5.32 Å². The van der Waals surface area contributed by atoms with Crippen LogP contribution in [0, 0.1) is 10.1 Å². The topological polar surface area (TPSA) is 117 Å². The highest BCUT2D eigenvalue weighted by Crippen LogP contribution is 2.29. The van der Waals surface area contributed by atoms with Gasteiger partial charge in [0.2, 0.25) is 0 Å². The lowest BCUT2D eigenvalue weighted by atomic mass is 10.2. The summed E-state index contributed by atoms with van der Waals surface area (Å²) in [5.41, 5.74) is -0.395. The van der Waals surface area contributed by atoms with Crippen LogP contribution in [0.15, 0.2) is 18.2 Å². The van der Waals surface area contributed by atoms with Gasteiger partial charge in [0.1, 0.15) is 11.4 Å². The molecule has 0 fully saturated rings. The summed E-state index contributed by atoms with van der Waals surface area (Å²) >= 11 is 0. The van der Waals surface area contributed by atoms with Crippen molar-refractivity contribution in [3.05, 3.63) is 28.3 Å². The molecular formula is C15H20N2O7. The van der Waals surface area contributed by atoms with Crippen LogP contribution in [0.2, 0.25) is 0 Å². The van der Waals surface area contributed by atoms with E-state index in [4.69, 9.17) is 14.2 Å². The van der Waals surface area contributed by atoms with Crippen LogP contribution in [0.4, 0.5) is 16.2 Å². The monoisotopic (exact) mass is 340 g/mol. The molecule has 0 saturated carbocycles. The first-order valence-electron chi connectivity index (χ1n) is 7.48. The van der Waals surface area contributed by atoms with Crippen molar-refractivity contribution in [2.75, 3.05) is 25.1 Å². The number of esters is 1. The highest BCUT2D eigenvalue weighted by Gasteiger charge is 2.18. The van der Waals surface area contributed by atoms with Crippen molar-refractivity contribution < 1.29 is 28.7 Å². The van der Waals surface area contributed by atoms with Crippen LogP contribution < -0.4 is 10.1 Å². The molecule has 0 saturated heterocycles. The SMILES string of the molecule is CCCCOC(=O)Nc1ccc(OCC(=O)OCC)cc1[N+](=O)[O-]. The van der Waals surface area contributed by atoms with E-state index in [0.717, 1.165) is 12.5 Å². The molecule has 0 spiro atoms. The molecule has 1 aromatic rings. The van der Waals surface area contributed by atoms with Crippen molar-refractivity contribution in [3.8, 4) is 5.75 Å². The third-order valence-electron chi connectivity index (χ3n) is 2.80. The van der Waals surface area contributed by atoms with Crippen molar-refractivity contribution in [3.63, 3.8) is 0 Å². The van der Waals surface area contributed by atoms with Gasteiger partial charge in [0.25, 0.3) is 5.69 Å². The number of benzene rings is 1. The number of nitro benzene ring substituents is 1. The van der Waals surface area contributed by atoms with Crippen molar-refractivity contribution in [1.82, 2.24) is 0 Å². The Kier molecular flexibility index (Phi) is 8.03. The zero-order valence-electron chi connectivity index (χ0n) is 13.6. The summed E-state index contributed by atoms with van der Waals surface area (Å²) in [5, 5.41) is 13.4. The maximum Gasteiger partial charge on any atom is 0.411 e. The van der Waals surface area contributed by atoms with Crippen molar-refractivity contribution in [1.29, 1.82) is 0 Å². The summed E-state index contributed by atoms with van der Waals surface area (Å²) in [6.45, 7) is 3.68. The second kappa shape index (κ2) is 10.0. The molecule has 1 aromatic carbocycles. The molecule has 9 heteroatoms. The molecule has 132 valence electrons. The summed E-state index contributed by atoms with van der Waals surface area (Å²) in [7, 11) is 0. The quantitative estimate of drug-likeness (QED) is 0.318. The van der Waals surface area contributed by atoms with E-state index in [1.165, 1.54) is 12.1 Å². The smallest absolute Gasteiger partial charge is 0.411 e. The largest absolute Gasteiger partial charge is 0.482 e. The summed E-state index contributed by atoms with van der Waals surface area (Å²) in [6.07, 6.45) is 0.794. The predicted octanol–water partition coefficient (Wildman–Crippen LogP) is 2.89. The third-order valence-corrected chi connectivity index (χ3v) is 2.80. The molecule has 24 heavy (non-hydrogen) atoms. The van der Waals surface area contributed by atoms with Gasteiger partial charge in [0.05, 0.1) is 24.2 Å². The maximum atomic E-state index is 11.6. The van der Waals surface area contributed by atoms with Crippen molar-refractivity contribution >= 4 is 23.4 Å². The molecule has 0 heterocycles. The zero-order chi connectivity index (χ0) is 17.9. The molecule has 1 N–H and O–H groups in total. The van der Waals surface area contributed by atoms with Crippen LogP contribution in [0.5, 0.6) is 5.75 Å². The summed E-state index contributed by atoms with van der Waals surface area (Å²) in [6, 6.07) is 3.81. The highest BCUT2D eigenvalue weighted by molar-refractivity contribution is 5.88. The van der Waals surface area contributed by atoms with E-state index < -0.39 is 17.0 Å². The number of hydrogen-bond donors (Lipinski definition) is 1. The van der Waals surface area contributed by atoms with Crippen LogP contribution in [0.3, 0.4) is 0 Å². The van der Waals surface area contributed by atoms with Gasteiger partial charge >= 0.3 is 12.1 Å². The number of amides is 1. The Balaban J connectivity index is 2.74. The second-order valence-corrected chi connectivity index (χ2v) is 4.64. The van der Waals surface area contributed by atoms with Crippen LogP contribution in [0.1, 0.15) is 26.7 Å². The van der Waals surface area contributed by atoms with Gasteiger partial charge in [-0.05, 0) is 25.5 Å². The van der Waals surface area contributed by atoms with Gasteiger partial charge in [-0.15, -0.1) is 0 Å². The summed E-state index contributed by atoms with van der Waals surface area (Å²) in [4.78, 5) is 33.3. The average molecular weight is 340 g/mol. The van der Waals surface area contributed by atoms with Crippen LogP contribution in [-0.2, 0) is 14.3 Å². The average Bonchev–Trinajstić information content (AvgIpc) is 2.54. The lowest BCUT2D eigenvalue weighted by Gasteiger charge is -2.09. The number of hydrogen-bond acceptors (Lipinski definition) is 7. The fourth-order valence-electron chi connectivity index (χ4n) is 1.66. The van der Waals surface area contributed by atoms with Crippen LogP contribution >= 0.6 is 0 Å². The molecular weight excluding hydrogens is 320 g/mol. The Bertz CT molecular complexity index is 589. The number of nitro groups is 1. The zero-order valence-corrected chi connectivity index (χ0v) is 13.6. The van der Waals surface area contributed by atoms with Gasteiger partial charge in [-0.1, -0.05) is 13.3 Å². The fourth-order valence-corrected chi connectivity index (χ4v) is 1.66. The number of rotatable bonds is 9. The Morgan fingerprint density at radius 3 is 2.62 bits per heavy atom. The van der Waals surface area contributed by atoms with E-state index in [9.17, 15) is 19.7 Å². The number of ether oxygens (including phenoxy) is 3. The minimum Gasteiger partial charge on any atom is -0.482 e. The van der Waals surface area contributed by atoms with Gasteiger partial charge in [-0.2, -0.15) is 0 Å². The third kappa shape index (κ3) is 6.51. The van der Waals surface area contributed by atoms with E-state index in [-0.39, 0.29) is 36.9 Å². The summed E-state index contributed by atoms with van der Waals surface area (Å²) in [5.74, 6) is -0.471. The van der Waals surface area contributed by atoms with Gasteiger partial charge in [0.15, 0.2) is 6.61 Å². The van der Waals surface area contributed by atoms with E-state index in [1.54, 1.807) is 6.92 Å². The number of carbonyl (C=O) groups is 2. The van der Waals surface area contributed by atoms with Crippen LogP contribution in [-0.4, -0.2) is 36.8 Å². The molecule has 1 amide bonds. The molecule has 0 aliphatic carbocycles. The fraction of sp³-hybridized carbons (Fsp3) is 0.467. The lowest BCUT2D eigenvalue weighted by Crippen LogP contribution is -2.16. The minimum absolute atomic E-state index is 0.0232. The molecule has 0 aromatic heterocycles. The lowest BCUT2D eigenvalue weighted by molar-refractivity contribution is -0.384. The Labute approximate surface area is 139 Å². The standard InChI is InChI=1S/C15H20N2O7/c1-3-5-8-23-15(19)16-12-7-6-11(9-13(12)17(20)21)24-10-14(18)22-4-2/h6-7,9H,3-5,8,10H2,1-2H3,(H,16,19). The van der Waals surface area contributed by atoms with Crippen molar-refractivity contribution in [2.45, 2.75) is 26.7 Å².